The smallest absolute Gasteiger partial charge is 0.182 e. The Morgan fingerprint density at radius 2 is 2.00 bits per heavy atom. The van der Waals surface area contributed by atoms with Crippen LogP contribution in [0.2, 0.25) is 0 Å². The van der Waals surface area contributed by atoms with Crippen molar-refractivity contribution in [3.05, 3.63) is 24.3 Å². The summed E-state index contributed by atoms with van der Waals surface area (Å²) in [6.07, 6.45) is 0.591. The van der Waals surface area contributed by atoms with E-state index in [1.807, 2.05) is 13.8 Å². The van der Waals surface area contributed by atoms with Crippen molar-refractivity contribution in [2.45, 2.75) is 31.2 Å². The number of benzene rings is 1. The van der Waals surface area contributed by atoms with Crippen LogP contribution in [0.15, 0.2) is 29.2 Å². The lowest BCUT2D eigenvalue weighted by atomic mass is 10.3. The maximum absolute atomic E-state index is 12.2. The summed E-state index contributed by atoms with van der Waals surface area (Å²) in [6, 6.07) is 6.93. The second-order valence-corrected chi connectivity index (χ2v) is 6.29. The van der Waals surface area contributed by atoms with E-state index in [0.717, 1.165) is 6.54 Å². The largest absolute Gasteiger partial charge is 0.495 e. The van der Waals surface area contributed by atoms with Crippen molar-refractivity contribution in [1.82, 2.24) is 5.32 Å². The van der Waals surface area contributed by atoms with Gasteiger partial charge in [-0.1, -0.05) is 19.1 Å². The number of methoxy groups -OCH3 is 1. The van der Waals surface area contributed by atoms with E-state index in [9.17, 15) is 8.42 Å². The third-order valence-corrected chi connectivity index (χ3v) is 4.56. The molecule has 0 amide bonds. The van der Waals surface area contributed by atoms with Crippen molar-refractivity contribution in [3.63, 3.8) is 0 Å². The van der Waals surface area contributed by atoms with Crippen molar-refractivity contribution < 1.29 is 13.2 Å². The molecule has 0 aromatic heterocycles. The number of hydrogen-bond donors (Lipinski definition) is 1. The van der Waals surface area contributed by atoms with E-state index < -0.39 is 9.84 Å². The maximum atomic E-state index is 12.2. The van der Waals surface area contributed by atoms with Gasteiger partial charge >= 0.3 is 0 Å². The Kier molecular flexibility index (Phi) is 5.62. The fourth-order valence-corrected chi connectivity index (χ4v) is 3.40. The second-order valence-electron chi connectivity index (χ2n) is 4.22. The molecule has 0 aliphatic carbocycles. The Bertz CT molecular complexity index is 471. The van der Waals surface area contributed by atoms with Crippen LogP contribution in [0, 0.1) is 0 Å². The molecule has 102 valence electrons. The Morgan fingerprint density at radius 1 is 1.33 bits per heavy atom. The number of nitrogens with one attached hydrogen (secondary N) is 1. The first-order valence-corrected chi connectivity index (χ1v) is 7.75. The Labute approximate surface area is 109 Å². The van der Waals surface area contributed by atoms with Crippen LogP contribution < -0.4 is 10.1 Å². The molecule has 18 heavy (non-hydrogen) atoms. The molecule has 1 rings (SSSR count). The standard InChI is InChI=1S/C13H21NO3S/c1-4-14-11(2)9-10-18(15,16)13-8-6-5-7-12(13)17-3/h5-8,11,14H,4,9-10H2,1-3H3. The van der Waals surface area contributed by atoms with Gasteiger partial charge < -0.3 is 10.1 Å². The Morgan fingerprint density at radius 3 is 2.61 bits per heavy atom. The average molecular weight is 271 g/mol. The molecule has 5 heteroatoms. The lowest BCUT2D eigenvalue weighted by molar-refractivity contribution is 0.402. The molecule has 1 N–H and O–H groups in total. The van der Waals surface area contributed by atoms with E-state index in [4.69, 9.17) is 4.74 Å². The van der Waals surface area contributed by atoms with Crippen molar-refractivity contribution >= 4 is 9.84 Å². The summed E-state index contributed by atoms with van der Waals surface area (Å²) in [6.45, 7) is 4.84. The summed E-state index contributed by atoms with van der Waals surface area (Å²) in [7, 11) is -1.80. The van der Waals surface area contributed by atoms with Gasteiger partial charge in [-0.05, 0) is 32.0 Å². The molecule has 0 saturated heterocycles. The molecule has 0 fully saturated rings. The molecule has 0 aliphatic heterocycles. The van der Waals surface area contributed by atoms with Gasteiger partial charge in [0.1, 0.15) is 10.6 Å². The van der Waals surface area contributed by atoms with E-state index in [0.29, 0.717) is 12.2 Å². The number of sulfone groups is 1. The first-order valence-electron chi connectivity index (χ1n) is 6.10. The molecule has 0 spiro atoms. The van der Waals surface area contributed by atoms with E-state index in [2.05, 4.69) is 5.32 Å². The topological polar surface area (TPSA) is 55.4 Å². The molecule has 1 unspecified atom stereocenters. The zero-order chi connectivity index (χ0) is 13.6. The van der Waals surface area contributed by atoms with Crippen LogP contribution in [0.25, 0.3) is 0 Å². The molecular weight excluding hydrogens is 250 g/mol. The van der Waals surface area contributed by atoms with Gasteiger partial charge in [0.05, 0.1) is 12.9 Å². The molecule has 0 radical (unpaired) electrons. The van der Waals surface area contributed by atoms with Crippen LogP contribution in [0.4, 0.5) is 0 Å². The van der Waals surface area contributed by atoms with Crippen molar-refractivity contribution in [3.8, 4) is 5.75 Å². The van der Waals surface area contributed by atoms with Gasteiger partial charge in [0, 0.05) is 6.04 Å². The summed E-state index contributed by atoms with van der Waals surface area (Å²) in [5, 5.41) is 3.20. The Balaban J connectivity index is 2.80. The summed E-state index contributed by atoms with van der Waals surface area (Å²) in [5.74, 6) is 0.537. The van der Waals surface area contributed by atoms with Gasteiger partial charge in [-0.15, -0.1) is 0 Å². The molecule has 0 saturated carbocycles. The summed E-state index contributed by atoms with van der Waals surface area (Å²) >= 11 is 0. The minimum atomic E-state index is -3.28. The number of rotatable bonds is 7. The fourth-order valence-electron chi connectivity index (χ4n) is 1.77. The number of ether oxygens (including phenoxy) is 1. The van der Waals surface area contributed by atoms with Gasteiger partial charge in [0.15, 0.2) is 9.84 Å². The highest BCUT2D eigenvalue weighted by molar-refractivity contribution is 7.91. The minimum absolute atomic E-state index is 0.127. The highest BCUT2D eigenvalue weighted by Crippen LogP contribution is 2.24. The van der Waals surface area contributed by atoms with Crippen molar-refractivity contribution in [1.29, 1.82) is 0 Å². The quantitative estimate of drug-likeness (QED) is 0.822. The average Bonchev–Trinajstić information content (AvgIpc) is 2.37. The molecule has 1 atom stereocenters. The van der Waals surface area contributed by atoms with Gasteiger partial charge in [0.2, 0.25) is 0 Å². The van der Waals surface area contributed by atoms with Crippen LogP contribution in [-0.2, 0) is 9.84 Å². The number of hydrogen-bond acceptors (Lipinski definition) is 4. The van der Waals surface area contributed by atoms with Gasteiger partial charge in [-0.3, -0.25) is 0 Å². The van der Waals surface area contributed by atoms with Gasteiger partial charge in [0.25, 0.3) is 0 Å². The molecule has 0 heterocycles. The van der Waals surface area contributed by atoms with Gasteiger partial charge in [-0.2, -0.15) is 0 Å². The first-order chi connectivity index (χ1) is 8.51. The van der Waals surface area contributed by atoms with Crippen LogP contribution in [-0.4, -0.2) is 33.9 Å². The van der Waals surface area contributed by atoms with E-state index in [1.165, 1.54) is 7.11 Å². The normalized spacial score (nSPS) is 13.3. The molecule has 1 aromatic rings. The number of para-hydroxylation sites is 1. The second kappa shape index (κ2) is 6.75. The van der Waals surface area contributed by atoms with E-state index in [-0.39, 0.29) is 16.7 Å². The predicted molar refractivity (Wildman–Crippen MR) is 72.8 cm³/mol. The SMILES string of the molecule is CCNC(C)CCS(=O)(=O)c1ccccc1OC. The first kappa shape index (κ1) is 15.0. The zero-order valence-electron chi connectivity index (χ0n) is 11.1. The zero-order valence-corrected chi connectivity index (χ0v) is 12.0. The molecule has 4 nitrogen and oxygen atoms in total. The van der Waals surface area contributed by atoms with Crippen molar-refractivity contribution in [2.24, 2.45) is 0 Å². The molecule has 1 aromatic carbocycles. The van der Waals surface area contributed by atoms with E-state index >= 15 is 0 Å². The fraction of sp³-hybridized carbons (Fsp3) is 0.538. The van der Waals surface area contributed by atoms with Crippen molar-refractivity contribution in [2.75, 3.05) is 19.4 Å². The van der Waals surface area contributed by atoms with Crippen LogP contribution in [0.3, 0.4) is 0 Å². The third kappa shape index (κ3) is 3.99. The monoisotopic (exact) mass is 271 g/mol. The van der Waals surface area contributed by atoms with Crippen LogP contribution in [0.5, 0.6) is 5.75 Å². The lowest BCUT2D eigenvalue weighted by Crippen LogP contribution is -2.28. The van der Waals surface area contributed by atoms with E-state index in [1.54, 1.807) is 24.3 Å². The highest BCUT2D eigenvalue weighted by Gasteiger charge is 2.19. The van der Waals surface area contributed by atoms with Crippen LogP contribution >= 0.6 is 0 Å². The molecule has 0 bridgehead atoms. The summed E-state index contributed by atoms with van der Waals surface area (Å²) in [4.78, 5) is 0.274. The summed E-state index contributed by atoms with van der Waals surface area (Å²) < 4.78 is 29.5. The third-order valence-electron chi connectivity index (χ3n) is 2.78. The maximum Gasteiger partial charge on any atom is 0.182 e. The Hall–Kier alpha value is -1.07. The van der Waals surface area contributed by atoms with Gasteiger partial charge in [-0.25, -0.2) is 8.42 Å². The highest BCUT2D eigenvalue weighted by atomic mass is 32.2. The minimum Gasteiger partial charge on any atom is -0.495 e. The molecule has 0 aliphatic rings. The predicted octanol–water partition coefficient (Wildman–Crippen LogP) is 1.86. The lowest BCUT2D eigenvalue weighted by Gasteiger charge is -2.13. The molecular formula is C13H21NO3S. The summed E-state index contributed by atoms with van der Waals surface area (Å²) in [5.41, 5.74) is 0. The van der Waals surface area contributed by atoms with Crippen LogP contribution in [0.1, 0.15) is 20.3 Å².